The number of halogens is 2. The molecule has 0 aliphatic carbocycles. The lowest BCUT2D eigenvalue weighted by Gasteiger charge is -2.24. The van der Waals surface area contributed by atoms with Crippen LogP contribution in [0.3, 0.4) is 0 Å². The number of benzene rings is 2. The van der Waals surface area contributed by atoms with Gasteiger partial charge in [-0.2, -0.15) is 0 Å². The molecule has 3 rings (SSSR count). The van der Waals surface area contributed by atoms with Crippen LogP contribution in [-0.2, 0) is 4.74 Å². The van der Waals surface area contributed by atoms with Gasteiger partial charge in [-0.05, 0) is 30.3 Å². The Morgan fingerprint density at radius 2 is 1.86 bits per heavy atom. The van der Waals surface area contributed by atoms with E-state index in [2.05, 4.69) is 5.32 Å². The number of amides is 2. The highest BCUT2D eigenvalue weighted by Gasteiger charge is 2.32. The van der Waals surface area contributed by atoms with Crippen molar-refractivity contribution in [1.82, 2.24) is 4.90 Å². The predicted octanol–water partition coefficient (Wildman–Crippen LogP) is 4.56. The Labute approximate surface area is 138 Å². The van der Waals surface area contributed by atoms with Gasteiger partial charge in [0, 0.05) is 27.8 Å². The first kappa shape index (κ1) is 15.2. The van der Waals surface area contributed by atoms with Crippen molar-refractivity contribution in [2.45, 2.75) is 6.23 Å². The highest BCUT2D eigenvalue weighted by molar-refractivity contribution is 6.31. The lowest BCUT2D eigenvalue weighted by molar-refractivity contribution is 0.0523. The molecule has 22 heavy (non-hydrogen) atoms. The molecule has 1 atom stereocenters. The van der Waals surface area contributed by atoms with Gasteiger partial charge in [-0.25, -0.2) is 4.79 Å². The summed E-state index contributed by atoms with van der Waals surface area (Å²) in [7, 11) is 0. The zero-order valence-electron chi connectivity index (χ0n) is 11.6. The van der Waals surface area contributed by atoms with Crippen LogP contribution < -0.4 is 5.32 Å². The summed E-state index contributed by atoms with van der Waals surface area (Å²) in [5.41, 5.74) is 1.46. The maximum absolute atomic E-state index is 12.5. The first-order valence-electron chi connectivity index (χ1n) is 6.84. The second kappa shape index (κ2) is 6.57. The van der Waals surface area contributed by atoms with E-state index in [1.807, 2.05) is 18.2 Å². The van der Waals surface area contributed by atoms with Crippen LogP contribution in [0, 0.1) is 0 Å². The number of carbonyl (C=O) groups is 1. The molecule has 1 fully saturated rings. The average molecular weight is 337 g/mol. The number of nitrogens with zero attached hydrogens (tertiary/aromatic N) is 1. The molecule has 0 saturated carbocycles. The number of hydrogen-bond donors (Lipinski definition) is 1. The number of hydrogen-bond acceptors (Lipinski definition) is 2. The first-order valence-corrected chi connectivity index (χ1v) is 7.60. The maximum atomic E-state index is 12.5. The van der Waals surface area contributed by atoms with Crippen LogP contribution >= 0.6 is 23.2 Å². The number of rotatable bonds is 2. The summed E-state index contributed by atoms with van der Waals surface area (Å²) in [6.45, 7) is 0.985. The normalized spacial score (nSPS) is 17.5. The second-order valence-corrected chi connectivity index (χ2v) is 5.72. The zero-order chi connectivity index (χ0) is 15.5. The zero-order valence-corrected chi connectivity index (χ0v) is 13.1. The second-order valence-electron chi connectivity index (χ2n) is 4.88. The largest absolute Gasteiger partial charge is 0.352 e. The summed E-state index contributed by atoms with van der Waals surface area (Å²) in [5.74, 6) is 0. The Balaban J connectivity index is 1.76. The third-order valence-electron chi connectivity index (χ3n) is 3.42. The molecule has 114 valence electrons. The molecule has 2 aromatic carbocycles. The summed E-state index contributed by atoms with van der Waals surface area (Å²) in [5, 5.41) is 4.04. The number of nitrogens with one attached hydrogen (secondary N) is 1. The topological polar surface area (TPSA) is 41.6 Å². The van der Waals surface area contributed by atoms with Gasteiger partial charge in [-0.1, -0.05) is 41.4 Å². The van der Waals surface area contributed by atoms with E-state index in [9.17, 15) is 4.79 Å². The first-order chi connectivity index (χ1) is 10.6. The van der Waals surface area contributed by atoms with Crippen LogP contribution in [0.25, 0.3) is 0 Å². The van der Waals surface area contributed by atoms with Crippen LogP contribution in [0.1, 0.15) is 11.8 Å². The van der Waals surface area contributed by atoms with Gasteiger partial charge in [0.2, 0.25) is 0 Å². The molecule has 0 bridgehead atoms. The molecule has 0 spiro atoms. The van der Waals surface area contributed by atoms with E-state index in [1.165, 1.54) is 0 Å². The van der Waals surface area contributed by atoms with Crippen molar-refractivity contribution in [2.24, 2.45) is 0 Å². The molecular formula is C16H14Cl2N2O2. The Morgan fingerprint density at radius 1 is 1.14 bits per heavy atom. The molecule has 1 N–H and O–H groups in total. The minimum atomic E-state index is -0.471. The monoisotopic (exact) mass is 336 g/mol. The van der Waals surface area contributed by atoms with Gasteiger partial charge in [0.05, 0.1) is 6.61 Å². The lowest BCUT2D eigenvalue weighted by atomic mass is 10.2. The van der Waals surface area contributed by atoms with Gasteiger partial charge in [0.15, 0.2) is 6.23 Å². The lowest BCUT2D eigenvalue weighted by Crippen LogP contribution is -2.35. The van der Waals surface area contributed by atoms with Crippen molar-refractivity contribution in [3.63, 3.8) is 0 Å². The molecule has 0 aromatic heterocycles. The quantitative estimate of drug-likeness (QED) is 0.873. The fourth-order valence-corrected chi connectivity index (χ4v) is 2.69. The van der Waals surface area contributed by atoms with Crippen LogP contribution in [0.2, 0.25) is 10.0 Å². The molecule has 4 nitrogen and oxygen atoms in total. The summed E-state index contributed by atoms with van der Waals surface area (Å²) in [6, 6.07) is 14.1. The fourth-order valence-electron chi connectivity index (χ4n) is 2.34. The molecule has 1 unspecified atom stereocenters. The average Bonchev–Trinajstić information content (AvgIpc) is 2.99. The smallest absolute Gasteiger partial charge is 0.324 e. The summed E-state index contributed by atoms with van der Waals surface area (Å²) in [4.78, 5) is 14.1. The Kier molecular flexibility index (Phi) is 4.52. The Bertz CT molecular complexity index is 676. The van der Waals surface area contributed by atoms with E-state index in [-0.39, 0.29) is 6.03 Å². The summed E-state index contributed by atoms with van der Waals surface area (Å²) in [6.07, 6.45) is -0.471. The van der Waals surface area contributed by atoms with Crippen molar-refractivity contribution in [3.05, 3.63) is 64.1 Å². The van der Waals surface area contributed by atoms with Gasteiger partial charge >= 0.3 is 6.03 Å². The molecular weight excluding hydrogens is 323 g/mol. The fraction of sp³-hybridized carbons (Fsp3) is 0.188. The van der Waals surface area contributed by atoms with Gasteiger partial charge in [0.25, 0.3) is 0 Å². The molecule has 1 aliphatic rings. The number of ether oxygens (including phenoxy) is 1. The Hall–Kier alpha value is -1.75. The van der Waals surface area contributed by atoms with E-state index < -0.39 is 6.23 Å². The summed E-state index contributed by atoms with van der Waals surface area (Å²) >= 11 is 12.0. The van der Waals surface area contributed by atoms with Crippen molar-refractivity contribution in [3.8, 4) is 0 Å². The molecule has 1 heterocycles. The number of urea groups is 1. The van der Waals surface area contributed by atoms with Gasteiger partial charge in [-0.15, -0.1) is 0 Å². The highest BCUT2D eigenvalue weighted by atomic mass is 35.5. The van der Waals surface area contributed by atoms with E-state index in [0.29, 0.717) is 28.9 Å². The third kappa shape index (κ3) is 3.19. The van der Waals surface area contributed by atoms with Crippen LogP contribution in [0.4, 0.5) is 10.5 Å². The van der Waals surface area contributed by atoms with E-state index >= 15 is 0 Å². The van der Waals surface area contributed by atoms with E-state index in [0.717, 1.165) is 5.56 Å². The van der Waals surface area contributed by atoms with Gasteiger partial charge in [0.1, 0.15) is 0 Å². The molecule has 1 aliphatic heterocycles. The van der Waals surface area contributed by atoms with E-state index in [4.69, 9.17) is 27.9 Å². The van der Waals surface area contributed by atoms with Gasteiger partial charge < -0.3 is 10.1 Å². The number of carbonyl (C=O) groups excluding carboxylic acids is 1. The van der Waals surface area contributed by atoms with Crippen LogP contribution in [0.15, 0.2) is 48.5 Å². The molecule has 2 amide bonds. The van der Waals surface area contributed by atoms with Gasteiger partial charge in [-0.3, -0.25) is 4.90 Å². The standard InChI is InChI=1S/C16H14Cl2N2O2/c17-11-5-7-12(8-6-11)19-16(21)20-9-10-22-15(20)13-3-1-2-4-14(13)18/h1-8,15H,9-10H2,(H,19,21). The highest BCUT2D eigenvalue weighted by Crippen LogP contribution is 2.32. The molecule has 1 saturated heterocycles. The molecule has 6 heteroatoms. The molecule has 0 radical (unpaired) electrons. The van der Waals surface area contributed by atoms with Crippen LogP contribution in [0.5, 0.6) is 0 Å². The number of anilines is 1. The minimum Gasteiger partial charge on any atom is -0.352 e. The molecule has 2 aromatic rings. The van der Waals surface area contributed by atoms with Crippen molar-refractivity contribution in [1.29, 1.82) is 0 Å². The minimum absolute atomic E-state index is 0.232. The van der Waals surface area contributed by atoms with Crippen molar-refractivity contribution >= 4 is 34.9 Å². The van der Waals surface area contributed by atoms with Crippen LogP contribution in [-0.4, -0.2) is 24.1 Å². The van der Waals surface area contributed by atoms with Crippen molar-refractivity contribution < 1.29 is 9.53 Å². The Morgan fingerprint density at radius 3 is 2.59 bits per heavy atom. The summed E-state index contributed by atoms with van der Waals surface area (Å²) < 4.78 is 5.67. The van der Waals surface area contributed by atoms with E-state index in [1.54, 1.807) is 35.2 Å². The maximum Gasteiger partial charge on any atom is 0.324 e. The third-order valence-corrected chi connectivity index (χ3v) is 4.01. The predicted molar refractivity (Wildman–Crippen MR) is 87.3 cm³/mol. The van der Waals surface area contributed by atoms with Crippen molar-refractivity contribution in [2.75, 3.05) is 18.5 Å². The SMILES string of the molecule is O=C(Nc1ccc(Cl)cc1)N1CCOC1c1ccccc1Cl.